The van der Waals surface area contributed by atoms with E-state index < -0.39 is 15.5 Å². The largest absolute Gasteiger partial charge is 0.483 e. The summed E-state index contributed by atoms with van der Waals surface area (Å²) < 4.78 is 14.2. The highest BCUT2D eigenvalue weighted by molar-refractivity contribution is 6.36. The maximum atomic E-state index is 9.86. The fourth-order valence-electron chi connectivity index (χ4n) is 0.412. The van der Waals surface area contributed by atoms with Crippen LogP contribution >= 0.6 is 0 Å². The lowest BCUT2D eigenvalue weighted by molar-refractivity contribution is -0.132. The van der Waals surface area contributed by atoms with Crippen molar-refractivity contribution in [2.45, 2.75) is 13.8 Å². The minimum absolute atomic E-state index is 0.389. The van der Waals surface area contributed by atoms with Gasteiger partial charge in [-0.2, -0.15) is 0 Å². The molecule has 0 aromatic rings. The molecule has 0 bridgehead atoms. The molecule has 14 heavy (non-hydrogen) atoms. The molecule has 0 aliphatic heterocycles. The lowest BCUT2D eigenvalue weighted by Crippen LogP contribution is -2.21. The van der Waals surface area contributed by atoms with E-state index in [9.17, 15) is 4.79 Å². The quantitative estimate of drug-likeness (QED) is 0.560. The van der Waals surface area contributed by atoms with Crippen molar-refractivity contribution in [3.05, 3.63) is 11.6 Å². The summed E-state index contributed by atoms with van der Waals surface area (Å²) in [7, 11) is 3.05. The van der Waals surface area contributed by atoms with E-state index in [1.165, 1.54) is 0 Å². The van der Waals surface area contributed by atoms with Crippen LogP contribution in [0.25, 0.3) is 0 Å². The molecule has 0 aliphatic rings. The fraction of sp³-hybridized carbons (Fsp3) is 0.625. The predicted molar refractivity (Wildman–Crippen MR) is 55.2 cm³/mol. The summed E-state index contributed by atoms with van der Waals surface area (Å²) in [6, 6.07) is 0. The number of hydrogen-bond acceptors (Lipinski definition) is 4. The van der Waals surface area contributed by atoms with Crippen LogP contribution in [0.2, 0.25) is 0 Å². The van der Waals surface area contributed by atoms with E-state index in [0.717, 1.165) is 0 Å². The standard InChI is InChI=1S/C5H8O2.C3H10O3Si/c1-3-4(2)5(6)7;1-4-7(5-2)6-3/h3H,1-2H3,(H,6,7);7H,1-3H3/b4-3+;. The van der Waals surface area contributed by atoms with Gasteiger partial charge >= 0.3 is 15.5 Å². The van der Waals surface area contributed by atoms with Gasteiger partial charge in [0.05, 0.1) is 0 Å². The molecule has 0 spiro atoms. The van der Waals surface area contributed by atoms with Crippen molar-refractivity contribution >= 4 is 15.5 Å². The molecule has 0 unspecified atom stereocenters. The molecule has 1 N–H and O–H groups in total. The molecule has 0 amide bonds. The zero-order valence-corrected chi connectivity index (χ0v) is 10.4. The first-order chi connectivity index (χ1) is 6.53. The summed E-state index contributed by atoms with van der Waals surface area (Å²) in [5.41, 5.74) is 0.389. The first-order valence-corrected chi connectivity index (χ1v) is 5.39. The lowest BCUT2D eigenvalue weighted by atomic mass is 10.3. The summed E-state index contributed by atoms with van der Waals surface area (Å²) >= 11 is 0. The second kappa shape index (κ2) is 10.4. The molecule has 0 saturated carbocycles. The summed E-state index contributed by atoms with van der Waals surface area (Å²) in [4.78, 5) is 9.86. The van der Waals surface area contributed by atoms with Gasteiger partial charge in [-0.3, -0.25) is 0 Å². The molecule has 0 atom stereocenters. The molecule has 5 nitrogen and oxygen atoms in total. The first-order valence-electron chi connectivity index (χ1n) is 3.98. The molecule has 0 aromatic carbocycles. The van der Waals surface area contributed by atoms with Crippen LogP contribution in [0.15, 0.2) is 11.6 Å². The van der Waals surface area contributed by atoms with Crippen molar-refractivity contribution in [1.82, 2.24) is 0 Å². The van der Waals surface area contributed by atoms with E-state index in [4.69, 9.17) is 18.4 Å². The van der Waals surface area contributed by atoms with Gasteiger partial charge in [0.2, 0.25) is 0 Å². The highest BCUT2D eigenvalue weighted by Crippen LogP contribution is 1.87. The summed E-state index contributed by atoms with van der Waals surface area (Å²) in [5, 5.41) is 8.11. The monoisotopic (exact) mass is 222 g/mol. The Morgan fingerprint density at radius 3 is 1.57 bits per heavy atom. The van der Waals surface area contributed by atoms with Crippen LogP contribution in [0.4, 0.5) is 0 Å². The Bertz CT molecular complexity index is 171. The summed E-state index contributed by atoms with van der Waals surface area (Å²) in [6.45, 7) is 3.26. The first kappa shape index (κ1) is 15.8. The van der Waals surface area contributed by atoms with Gasteiger partial charge in [-0.15, -0.1) is 0 Å². The molecular formula is C8H18O5Si. The van der Waals surface area contributed by atoms with E-state index >= 15 is 0 Å². The van der Waals surface area contributed by atoms with Crippen LogP contribution in [-0.2, 0) is 18.1 Å². The maximum absolute atomic E-state index is 9.86. The minimum Gasteiger partial charge on any atom is -0.478 e. The number of carboxylic acid groups (broad SMARTS) is 1. The van der Waals surface area contributed by atoms with Crippen molar-refractivity contribution in [2.24, 2.45) is 0 Å². The van der Waals surface area contributed by atoms with Crippen LogP contribution in [-0.4, -0.2) is 41.9 Å². The second-order valence-corrected chi connectivity index (χ2v) is 4.26. The molecule has 0 radical (unpaired) electrons. The van der Waals surface area contributed by atoms with Gasteiger partial charge in [-0.1, -0.05) is 6.08 Å². The van der Waals surface area contributed by atoms with E-state index in [2.05, 4.69) is 0 Å². The second-order valence-electron chi connectivity index (χ2n) is 2.27. The number of carboxylic acids is 1. The fourth-order valence-corrected chi connectivity index (χ4v) is 0.990. The van der Waals surface area contributed by atoms with Crippen molar-refractivity contribution < 1.29 is 23.2 Å². The van der Waals surface area contributed by atoms with Crippen molar-refractivity contribution in [3.8, 4) is 0 Å². The van der Waals surface area contributed by atoms with Crippen LogP contribution in [0.3, 0.4) is 0 Å². The summed E-state index contributed by atoms with van der Waals surface area (Å²) in [6.07, 6.45) is 1.56. The van der Waals surface area contributed by atoms with Crippen molar-refractivity contribution in [2.75, 3.05) is 21.3 Å². The molecule has 0 heterocycles. The molecular weight excluding hydrogens is 204 g/mol. The van der Waals surface area contributed by atoms with Gasteiger partial charge in [0.25, 0.3) is 0 Å². The Labute approximate surface area is 86.3 Å². The van der Waals surface area contributed by atoms with E-state index in [-0.39, 0.29) is 0 Å². The molecule has 0 aliphatic carbocycles. The Kier molecular flexibility index (Phi) is 11.7. The van der Waals surface area contributed by atoms with Gasteiger partial charge < -0.3 is 18.4 Å². The van der Waals surface area contributed by atoms with Crippen molar-refractivity contribution in [1.29, 1.82) is 0 Å². The molecule has 0 rings (SSSR count). The number of carbonyl (C=O) groups is 1. The van der Waals surface area contributed by atoms with E-state index in [1.807, 2.05) is 0 Å². The molecule has 0 fully saturated rings. The normalized spacial score (nSPS) is 10.9. The average Bonchev–Trinajstić information content (AvgIpc) is 2.20. The van der Waals surface area contributed by atoms with Crippen LogP contribution in [0.1, 0.15) is 13.8 Å². The third kappa shape index (κ3) is 9.40. The Balaban J connectivity index is 0. The van der Waals surface area contributed by atoms with Crippen molar-refractivity contribution in [3.63, 3.8) is 0 Å². The topological polar surface area (TPSA) is 65.0 Å². The van der Waals surface area contributed by atoms with Crippen LogP contribution < -0.4 is 0 Å². The number of aliphatic carboxylic acids is 1. The maximum Gasteiger partial charge on any atom is 0.483 e. The molecule has 0 saturated heterocycles. The number of allylic oxidation sites excluding steroid dienone is 1. The number of hydrogen-bond donors (Lipinski definition) is 1. The van der Waals surface area contributed by atoms with Gasteiger partial charge in [-0.25, -0.2) is 4.79 Å². The highest BCUT2D eigenvalue weighted by atomic mass is 28.3. The smallest absolute Gasteiger partial charge is 0.478 e. The Hall–Kier alpha value is -0.693. The summed E-state index contributed by atoms with van der Waals surface area (Å²) in [5.74, 6) is -0.845. The van der Waals surface area contributed by atoms with Gasteiger partial charge in [0.15, 0.2) is 0 Å². The molecule has 0 aromatic heterocycles. The average molecular weight is 222 g/mol. The third-order valence-electron chi connectivity index (χ3n) is 1.35. The predicted octanol–water partition coefficient (Wildman–Crippen LogP) is 0.680. The zero-order valence-electron chi connectivity index (χ0n) is 9.23. The SMILES string of the molecule is C/C=C(\C)C(=O)O.CO[SiH](OC)OC. The van der Waals surface area contributed by atoms with Crippen LogP contribution in [0, 0.1) is 0 Å². The highest BCUT2D eigenvalue weighted by Gasteiger charge is 2.04. The zero-order chi connectivity index (χ0) is 11.6. The Morgan fingerprint density at radius 1 is 1.21 bits per heavy atom. The van der Waals surface area contributed by atoms with Gasteiger partial charge in [0, 0.05) is 26.9 Å². The number of rotatable bonds is 4. The van der Waals surface area contributed by atoms with Gasteiger partial charge in [0.1, 0.15) is 0 Å². The van der Waals surface area contributed by atoms with E-state index in [0.29, 0.717) is 5.57 Å². The van der Waals surface area contributed by atoms with Gasteiger partial charge in [-0.05, 0) is 13.8 Å². The molecule has 84 valence electrons. The Morgan fingerprint density at radius 2 is 1.57 bits per heavy atom. The minimum atomic E-state index is -1.67. The third-order valence-corrected chi connectivity index (χ3v) is 2.50. The molecule has 6 heteroatoms. The van der Waals surface area contributed by atoms with E-state index in [1.54, 1.807) is 41.3 Å². The lowest BCUT2D eigenvalue weighted by Gasteiger charge is -2.05. The van der Waals surface area contributed by atoms with Crippen LogP contribution in [0.5, 0.6) is 0 Å².